The number of carboxylic acids is 1. The number of hydrogen-bond donors (Lipinski definition) is 2. The Hall–Kier alpha value is -3.24. The van der Waals surface area contributed by atoms with E-state index in [9.17, 15) is 18.3 Å². The molecule has 0 amide bonds. The average Bonchev–Trinajstić information content (AvgIpc) is 3.35. The van der Waals surface area contributed by atoms with E-state index in [0.717, 1.165) is 0 Å². The topological polar surface area (TPSA) is 136 Å². The fourth-order valence-corrected chi connectivity index (χ4v) is 4.72. The molecule has 0 fully saturated rings. The van der Waals surface area contributed by atoms with Crippen LogP contribution in [0.1, 0.15) is 39.5 Å². The highest BCUT2D eigenvalue weighted by Crippen LogP contribution is 2.33. The molecule has 32 heavy (non-hydrogen) atoms. The minimum absolute atomic E-state index is 0.0385. The number of furan rings is 1. The molecule has 2 aromatic heterocycles. The van der Waals surface area contributed by atoms with Crippen LogP contribution in [0.3, 0.4) is 0 Å². The average molecular weight is 458 g/mol. The van der Waals surface area contributed by atoms with Crippen LogP contribution < -0.4 is 4.72 Å². The minimum atomic E-state index is -4.05. The molecular formula is C22H23N3O6S. The van der Waals surface area contributed by atoms with E-state index in [1.54, 1.807) is 32.0 Å². The molecule has 0 saturated heterocycles. The maximum atomic E-state index is 12.8. The number of carbonyl (C=O) groups is 1. The zero-order valence-electron chi connectivity index (χ0n) is 18.0. The molecule has 0 unspecified atom stereocenters. The molecule has 0 aliphatic carbocycles. The lowest BCUT2D eigenvalue weighted by atomic mass is 10.1. The molecule has 0 bridgehead atoms. The largest absolute Gasteiger partial charge is 0.480 e. The molecule has 2 N–H and O–H groups in total. The third kappa shape index (κ3) is 3.98. The van der Waals surface area contributed by atoms with Crippen molar-refractivity contribution < 1.29 is 27.3 Å². The Bertz CT molecular complexity index is 1420. The van der Waals surface area contributed by atoms with E-state index in [1.807, 2.05) is 19.9 Å². The van der Waals surface area contributed by atoms with Gasteiger partial charge in [0, 0.05) is 22.3 Å². The van der Waals surface area contributed by atoms with E-state index in [4.69, 9.17) is 8.94 Å². The van der Waals surface area contributed by atoms with Gasteiger partial charge in [-0.15, -0.1) is 0 Å². The molecule has 4 aromatic rings. The van der Waals surface area contributed by atoms with Gasteiger partial charge in [0.2, 0.25) is 21.7 Å². The van der Waals surface area contributed by atoms with Crippen molar-refractivity contribution >= 4 is 37.9 Å². The number of aliphatic carboxylic acids is 1. The van der Waals surface area contributed by atoms with E-state index in [0.29, 0.717) is 39.2 Å². The molecular weight excluding hydrogens is 434 g/mol. The van der Waals surface area contributed by atoms with Gasteiger partial charge in [0.1, 0.15) is 17.2 Å². The molecule has 0 spiro atoms. The standard InChI is InChI=1S/C22H23N3O6S/c1-11(2)19(22(26)27)25-32(28,29)14-6-8-17-16(10-14)15-7-5-13(9-18(15)30-17)20-23-21(12(3)4)31-24-20/h5-12,19,25H,1-4H3,(H,26,27)/t19-/m1/s1. The Morgan fingerprint density at radius 3 is 2.41 bits per heavy atom. The van der Waals surface area contributed by atoms with Gasteiger partial charge < -0.3 is 14.0 Å². The summed E-state index contributed by atoms with van der Waals surface area (Å²) >= 11 is 0. The Morgan fingerprint density at radius 2 is 1.78 bits per heavy atom. The van der Waals surface area contributed by atoms with E-state index >= 15 is 0 Å². The maximum Gasteiger partial charge on any atom is 0.322 e. The van der Waals surface area contributed by atoms with Gasteiger partial charge in [0.15, 0.2) is 0 Å². The molecule has 10 heteroatoms. The fourth-order valence-electron chi connectivity index (χ4n) is 3.36. The van der Waals surface area contributed by atoms with Crippen LogP contribution >= 0.6 is 0 Å². The number of rotatable bonds is 7. The van der Waals surface area contributed by atoms with Crippen molar-refractivity contribution in [3.05, 3.63) is 42.3 Å². The van der Waals surface area contributed by atoms with Crippen LogP contribution in [0.15, 0.2) is 50.2 Å². The first kappa shape index (κ1) is 22.0. The van der Waals surface area contributed by atoms with E-state index in [-0.39, 0.29) is 10.8 Å². The van der Waals surface area contributed by atoms with Crippen LogP contribution in [-0.2, 0) is 14.8 Å². The second-order valence-electron chi connectivity index (χ2n) is 8.26. The van der Waals surface area contributed by atoms with Crippen molar-refractivity contribution in [2.75, 3.05) is 0 Å². The lowest BCUT2D eigenvalue weighted by molar-refractivity contribution is -0.140. The summed E-state index contributed by atoms with van der Waals surface area (Å²) < 4.78 is 39.1. The van der Waals surface area contributed by atoms with Gasteiger partial charge in [-0.3, -0.25) is 4.79 Å². The molecule has 2 aromatic carbocycles. The third-order valence-corrected chi connectivity index (χ3v) is 6.60. The van der Waals surface area contributed by atoms with Crippen molar-refractivity contribution in [2.24, 2.45) is 5.92 Å². The highest BCUT2D eigenvalue weighted by atomic mass is 32.2. The number of carboxylic acid groups (broad SMARTS) is 1. The number of sulfonamides is 1. The van der Waals surface area contributed by atoms with Gasteiger partial charge in [-0.25, -0.2) is 8.42 Å². The van der Waals surface area contributed by atoms with Crippen molar-refractivity contribution in [1.29, 1.82) is 0 Å². The number of hydrogen-bond acceptors (Lipinski definition) is 7. The normalized spacial score (nSPS) is 13.4. The first-order valence-corrected chi connectivity index (χ1v) is 11.6. The van der Waals surface area contributed by atoms with Crippen molar-refractivity contribution in [1.82, 2.24) is 14.9 Å². The summed E-state index contributed by atoms with van der Waals surface area (Å²) in [6, 6.07) is 8.58. The summed E-state index contributed by atoms with van der Waals surface area (Å²) in [4.78, 5) is 15.8. The van der Waals surface area contributed by atoms with Gasteiger partial charge in [-0.2, -0.15) is 9.71 Å². The van der Waals surface area contributed by atoms with Crippen molar-refractivity contribution in [3.63, 3.8) is 0 Å². The Morgan fingerprint density at radius 1 is 1.03 bits per heavy atom. The minimum Gasteiger partial charge on any atom is -0.480 e. The lowest BCUT2D eigenvalue weighted by Crippen LogP contribution is -2.44. The highest BCUT2D eigenvalue weighted by Gasteiger charge is 2.28. The molecule has 168 valence electrons. The monoisotopic (exact) mass is 457 g/mol. The maximum absolute atomic E-state index is 12.8. The summed E-state index contributed by atoms with van der Waals surface area (Å²) in [6.07, 6.45) is 0. The van der Waals surface area contributed by atoms with Gasteiger partial charge in [-0.05, 0) is 36.2 Å². The van der Waals surface area contributed by atoms with Gasteiger partial charge in [0.25, 0.3) is 0 Å². The number of fused-ring (bicyclic) bond motifs is 3. The predicted molar refractivity (Wildman–Crippen MR) is 118 cm³/mol. The summed E-state index contributed by atoms with van der Waals surface area (Å²) in [5.74, 6) is -0.560. The summed E-state index contributed by atoms with van der Waals surface area (Å²) in [5, 5.41) is 14.6. The molecule has 2 heterocycles. The third-order valence-electron chi connectivity index (χ3n) is 5.16. The summed E-state index contributed by atoms with van der Waals surface area (Å²) in [5.41, 5.74) is 1.76. The number of nitrogens with one attached hydrogen (secondary N) is 1. The first-order valence-electron chi connectivity index (χ1n) is 10.1. The molecule has 9 nitrogen and oxygen atoms in total. The summed E-state index contributed by atoms with van der Waals surface area (Å²) in [7, 11) is -4.05. The highest BCUT2D eigenvalue weighted by molar-refractivity contribution is 7.89. The molecule has 0 aliphatic rings. The SMILES string of the molecule is CC(C)c1nc(-c2ccc3c(c2)oc2ccc(S(=O)(=O)N[C@@H](C(=O)O)C(C)C)cc23)no1. The van der Waals surface area contributed by atoms with Crippen molar-refractivity contribution in [2.45, 2.75) is 44.6 Å². The van der Waals surface area contributed by atoms with Crippen LogP contribution in [0, 0.1) is 5.92 Å². The second-order valence-corrected chi connectivity index (χ2v) is 9.98. The zero-order valence-corrected chi connectivity index (χ0v) is 18.8. The van der Waals surface area contributed by atoms with Gasteiger partial charge in [-0.1, -0.05) is 38.9 Å². The quantitative estimate of drug-likeness (QED) is 0.422. The van der Waals surface area contributed by atoms with E-state index in [1.165, 1.54) is 12.1 Å². The molecule has 4 rings (SSSR count). The fraction of sp³-hybridized carbons (Fsp3) is 0.318. The van der Waals surface area contributed by atoms with Crippen LogP contribution in [0.4, 0.5) is 0 Å². The van der Waals surface area contributed by atoms with Crippen LogP contribution in [-0.4, -0.2) is 35.7 Å². The lowest BCUT2D eigenvalue weighted by Gasteiger charge is -2.17. The van der Waals surface area contributed by atoms with Crippen molar-refractivity contribution in [3.8, 4) is 11.4 Å². The molecule has 0 radical (unpaired) electrons. The Kier molecular flexibility index (Phi) is 5.51. The van der Waals surface area contributed by atoms with Gasteiger partial charge >= 0.3 is 5.97 Å². The summed E-state index contributed by atoms with van der Waals surface area (Å²) in [6.45, 7) is 7.19. The van der Waals surface area contributed by atoms with Crippen LogP contribution in [0.5, 0.6) is 0 Å². The van der Waals surface area contributed by atoms with Gasteiger partial charge in [0.05, 0.1) is 4.90 Å². The molecule has 0 aliphatic heterocycles. The van der Waals surface area contributed by atoms with E-state index in [2.05, 4.69) is 14.9 Å². The second kappa shape index (κ2) is 8.03. The number of aromatic nitrogens is 2. The van der Waals surface area contributed by atoms with Crippen LogP contribution in [0.25, 0.3) is 33.3 Å². The Labute approximate surface area is 184 Å². The Balaban J connectivity index is 1.74. The van der Waals surface area contributed by atoms with E-state index < -0.39 is 28.0 Å². The zero-order chi connectivity index (χ0) is 23.2. The number of benzene rings is 2. The molecule has 0 saturated carbocycles. The first-order chi connectivity index (χ1) is 15.1. The van der Waals surface area contributed by atoms with Crippen LogP contribution in [0.2, 0.25) is 0 Å². The predicted octanol–water partition coefficient (Wildman–Crippen LogP) is 4.15. The molecule has 1 atom stereocenters. The number of nitrogens with zero attached hydrogens (tertiary/aromatic N) is 2. The smallest absolute Gasteiger partial charge is 0.322 e.